The molecule has 0 unspecified atom stereocenters. The molecule has 1 N–H and O–H groups in total. The van der Waals surface area contributed by atoms with Crippen molar-refractivity contribution in [3.8, 4) is 6.07 Å². The molecule has 1 aromatic carbocycles. The van der Waals surface area contributed by atoms with Crippen molar-refractivity contribution >= 4 is 5.97 Å². The van der Waals surface area contributed by atoms with Crippen molar-refractivity contribution in [3.63, 3.8) is 0 Å². The van der Waals surface area contributed by atoms with Gasteiger partial charge in [-0.1, -0.05) is 12.1 Å². The van der Waals surface area contributed by atoms with E-state index in [2.05, 4.69) is 0 Å². The number of aliphatic carboxylic acids is 1. The van der Waals surface area contributed by atoms with Gasteiger partial charge in [-0.05, 0) is 18.1 Å². The number of hydrogen-bond acceptors (Lipinski definition) is 2. The summed E-state index contributed by atoms with van der Waals surface area (Å²) in [6.45, 7) is 1.53. The second kappa shape index (κ2) is 3.88. The third-order valence-corrected chi connectivity index (χ3v) is 1.87. The molecule has 3 nitrogen and oxygen atoms in total. The molecule has 1 rings (SSSR count). The summed E-state index contributed by atoms with van der Waals surface area (Å²) < 4.78 is 13.3. The van der Waals surface area contributed by atoms with Gasteiger partial charge in [0.15, 0.2) is 0 Å². The van der Waals surface area contributed by atoms with Gasteiger partial charge in [0.2, 0.25) is 0 Å². The van der Waals surface area contributed by atoms with E-state index in [0.717, 1.165) is 0 Å². The summed E-state index contributed by atoms with van der Waals surface area (Å²) in [5, 5.41) is 17.2. The summed E-state index contributed by atoms with van der Waals surface area (Å²) in [6, 6.07) is 4.60. The molecule has 0 amide bonds. The fourth-order valence-corrected chi connectivity index (χ4v) is 1.15. The lowest BCUT2D eigenvalue weighted by Gasteiger charge is -2.03. The van der Waals surface area contributed by atoms with Crippen molar-refractivity contribution in [1.82, 2.24) is 0 Å². The van der Waals surface area contributed by atoms with Gasteiger partial charge in [0, 0.05) is 0 Å². The van der Waals surface area contributed by atoms with Gasteiger partial charge >= 0.3 is 5.97 Å². The van der Waals surface area contributed by atoms with Crippen LogP contribution in [-0.4, -0.2) is 11.1 Å². The first-order valence-electron chi connectivity index (χ1n) is 3.96. The molecular weight excluding hydrogens is 185 g/mol. The van der Waals surface area contributed by atoms with E-state index in [4.69, 9.17) is 10.4 Å². The Hall–Kier alpha value is -1.89. The molecule has 0 aliphatic carbocycles. The molecule has 0 spiro atoms. The summed E-state index contributed by atoms with van der Waals surface area (Å²) in [4.78, 5) is 10.4. The first-order chi connectivity index (χ1) is 6.56. The van der Waals surface area contributed by atoms with Crippen molar-refractivity contribution < 1.29 is 14.3 Å². The Morgan fingerprint density at radius 1 is 1.64 bits per heavy atom. The Morgan fingerprint density at radius 3 is 2.79 bits per heavy atom. The fraction of sp³-hybridized carbons (Fsp3) is 0.200. The lowest BCUT2D eigenvalue weighted by Crippen LogP contribution is -2.04. The van der Waals surface area contributed by atoms with Crippen LogP contribution in [0.25, 0.3) is 0 Å². The maximum absolute atomic E-state index is 13.3. The van der Waals surface area contributed by atoms with E-state index in [1.54, 1.807) is 6.07 Å². The minimum absolute atomic E-state index is 0.174. The van der Waals surface area contributed by atoms with Crippen molar-refractivity contribution in [1.29, 1.82) is 5.26 Å². The maximum Gasteiger partial charge on any atom is 0.307 e. The van der Waals surface area contributed by atoms with E-state index >= 15 is 0 Å². The van der Waals surface area contributed by atoms with Crippen molar-refractivity contribution in [2.24, 2.45) is 0 Å². The van der Waals surface area contributed by atoms with Gasteiger partial charge < -0.3 is 5.11 Å². The summed E-state index contributed by atoms with van der Waals surface area (Å²) in [5.74, 6) is -1.71. The van der Waals surface area contributed by atoms with Crippen LogP contribution in [0.1, 0.15) is 16.7 Å². The van der Waals surface area contributed by atoms with Gasteiger partial charge in [-0.3, -0.25) is 4.79 Å². The highest BCUT2D eigenvalue weighted by atomic mass is 19.1. The second-order valence-corrected chi connectivity index (χ2v) is 2.91. The lowest BCUT2D eigenvalue weighted by molar-refractivity contribution is -0.136. The predicted molar refractivity (Wildman–Crippen MR) is 47.2 cm³/mol. The number of carboxylic acids is 1. The lowest BCUT2D eigenvalue weighted by atomic mass is 10.0. The number of hydrogen-bond donors (Lipinski definition) is 1. The van der Waals surface area contributed by atoms with Gasteiger partial charge in [-0.15, -0.1) is 0 Å². The number of benzene rings is 1. The average molecular weight is 193 g/mol. The number of nitrogens with zero attached hydrogens (tertiary/aromatic N) is 1. The topological polar surface area (TPSA) is 61.1 Å². The number of carbonyl (C=O) groups is 1. The summed E-state index contributed by atoms with van der Waals surface area (Å²) in [5.41, 5.74) is 0.381. The largest absolute Gasteiger partial charge is 0.481 e. The first kappa shape index (κ1) is 10.2. The number of halogens is 1. The van der Waals surface area contributed by atoms with E-state index in [0.29, 0.717) is 5.56 Å². The molecule has 0 aliphatic heterocycles. The smallest absolute Gasteiger partial charge is 0.307 e. The normalized spacial score (nSPS) is 9.50. The molecule has 0 fully saturated rings. The molecule has 0 aliphatic rings. The molecule has 0 aromatic heterocycles. The quantitative estimate of drug-likeness (QED) is 0.776. The number of carboxylic acid groups (broad SMARTS) is 1. The Kier molecular flexibility index (Phi) is 2.82. The Bertz CT molecular complexity index is 421. The Morgan fingerprint density at radius 2 is 2.29 bits per heavy atom. The summed E-state index contributed by atoms with van der Waals surface area (Å²) in [7, 11) is 0. The molecule has 0 saturated carbocycles. The molecule has 0 radical (unpaired) electrons. The monoisotopic (exact) mass is 193 g/mol. The molecule has 0 atom stereocenters. The van der Waals surface area contributed by atoms with Gasteiger partial charge in [-0.2, -0.15) is 5.26 Å². The predicted octanol–water partition coefficient (Wildman–Crippen LogP) is 1.63. The number of aryl methyl sites for hydroxylation is 1. The minimum atomic E-state index is -1.08. The van der Waals surface area contributed by atoms with Crippen molar-refractivity contribution in [2.75, 3.05) is 0 Å². The SMILES string of the molecule is Cc1ccc(CC(=O)O)c(C#N)c1F. The molecule has 0 bridgehead atoms. The first-order valence-corrected chi connectivity index (χ1v) is 3.96. The molecule has 72 valence electrons. The number of nitriles is 1. The van der Waals surface area contributed by atoms with Crippen LogP contribution in [0.3, 0.4) is 0 Å². The fourth-order valence-electron chi connectivity index (χ4n) is 1.15. The third-order valence-electron chi connectivity index (χ3n) is 1.87. The van der Waals surface area contributed by atoms with Gasteiger partial charge in [-0.25, -0.2) is 4.39 Å². The molecule has 14 heavy (non-hydrogen) atoms. The maximum atomic E-state index is 13.3. The zero-order chi connectivity index (χ0) is 10.7. The average Bonchev–Trinajstić information content (AvgIpc) is 2.11. The highest BCUT2D eigenvalue weighted by Crippen LogP contribution is 2.16. The van der Waals surface area contributed by atoms with Crippen LogP contribution < -0.4 is 0 Å². The van der Waals surface area contributed by atoms with Crippen molar-refractivity contribution in [2.45, 2.75) is 13.3 Å². The van der Waals surface area contributed by atoms with Crippen LogP contribution >= 0.6 is 0 Å². The molecule has 0 saturated heterocycles. The van der Waals surface area contributed by atoms with Crippen LogP contribution in [0.5, 0.6) is 0 Å². The van der Waals surface area contributed by atoms with Gasteiger partial charge in [0.05, 0.1) is 12.0 Å². The van der Waals surface area contributed by atoms with Crippen molar-refractivity contribution in [3.05, 3.63) is 34.6 Å². The standard InChI is InChI=1S/C10H8FNO2/c1-6-2-3-7(4-9(13)14)8(5-12)10(6)11/h2-3H,4H2,1H3,(H,13,14). The highest BCUT2D eigenvalue weighted by Gasteiger charge is 2.12. The minimum Gasteiger partial charge on any atom is -0.481 e. The van der Waals surface area contributed by atoms with Gasteiger partial charge in [0.25, 0.3) is 0 Å². The second-order valence-electron chi connectivity index (χ2n) is 2.91. The van der Waals surface area contributed by atoms with Crippen LogP contribution in [-0.2, 0) is 11.2 Å². The van der Waals surface area contributed by atoms with E-state index in [1.807, 2.05) is 0 Å². The van der Waals surface area contributed by atoms with Crippen LogP contribution in [0.2, 0.25) is 0 Å². The Balaban J connectivity index is 3.26. The molecule has 4 heteroatoms. The van der Waals surface area contributed by atoms with Crippen LogP contribution in [0.15, 0.2) is 12.1 Å². The van der Waals surface area contributed by atoms with Crippen LogP contribution in [0, 0.1) is 24.1 Å². The third kappa shape index (κ3) is 1.88. The van der Waals surface area contributed by atoms with Gasteiger partial charge in [0.1, 0.15) is 11.9 Å². The zero-order valence-electron chi connectivity index (χ0n) is 7.54. The molecule has 0 heterocycles. The Labute approximate surface area is 80.4 Å². The summed E-state index contributed by atoms with van der Waals surface area (Å²) >= 11 is 0. The van der Waals surface area contributed by atoms with E-state index < -0.39 is 11.8 Å². The molecular formula is C10H8FNO2. The highest BCUT2D eigenvalue weighted by molar-refractivity contribution is 5.71. The summed E-state index contributed by atoms with van der Waals surface area (Å²) in [6.07, 6.45) is -0.333. The van der Waals surface area contributed by atoms with E-state index in [-0.39, 0.29) is 17.5 Å². The zero-order valence-corrected chi connectivity index (χ0v) is 7.54. The van der Waals surface area contributed by atoms with E-state index in [9.17, 15) is 9.18 Å². The number of rotatable bonds is 2. The molecule has 1 aromatic rings. The van der Waals surface area contributed by atoms with Crippen LogP contribution in [0.4, 0.5) is 4.39 Å². The van der Waals surface area contributed by atoms with E-state index in [1.165, 1.54) is 19.1 Å².